The highest BCUT2D eigenvalue weighted by molar-refractivity contribution is 5.79. The smallest absolute Gasteiger partial charge is 0.313 e. The van der Waals surface area contributed by atoms with Crippen molar-refractivity contribution in [2.45, 2.75) is 39.0 Å². The number of ether oxygens (including phenoxy) is 2. The van der Waals surface area contributed by atoms with Crippen molar-refractivity contribution in [2.75, 3.05) is 32.8 Å². The molecule has 0 unspecified atom stereocenters. The lowest BCUT2D eigenvalue weighted by atomic mass is 9.79. The van der Waals surface area contributed by atoms with Crippen LogP contribution in [0.5, 0.6) is 0 Å². The Kier molecular flexibility index (Phi) is 5.97. The van der Waals surface area contributed by atoms with Gasteiger partial charge in [-0.1, -0.05) is 30.3 Å². The minimum absolute atomic E-state index is 0.104. The van der Waals surface area contributed by atoms with Crippen molar-refractivity contribution < 1.29 is 19.1 Å². The first-order chi connectivity index (χ1) is 12.5. The van der Waals surface area contributed by atoms with E-state index in [1.807, 2.05) is 44.2 Å². The van der Waals surface area contributed by atoms with Gasteiger partial charge in [0.05, 0.1) is 24.5 Å². The third-order valence-corrected chi connectivity index (χ3v) is 5.65. The number of hydrogen-bond donors (Lipinski definition) is 0. The summed E-state index contributed by atoms with van der Waals surface area (Å²) in [5.41, 5.74) is 0.568. The van der Waals surface area contributed by atoms with Gasteiger partial charge < -0.3 is 14.4 Å². The molecule has 26 heavy (non-hydrogen) atoms. The Balaban J connectivity index is 1.71. The molecular formula is C21H29NO4. The van der Waals surface area contributed by atoms with E-state index in [0.29, 0.717) is 19.8 Å². The van der Waals surface area contributed by atoms with Crippen LogP contribution in [0.3, 0.4) is 0 Å². The van der Waals surface area contributed by atoms with Crippen molar-refractivity contribution in [1.29, 1.82) is 0 Å². The molecule has 0 aliphatic carbocycles. The second kappa shape index (κ2) is 8.21. The maximum Gasteiger partial charge on any atom is 0.313 e. The Morgan fingerprint density at radius 1 is 1.35 bits per heavy atom. The molecule has 1 aromatic rings. The molecule has 1 aromatic carbocycles. The fraction of sp³-hybridized carbons (Fsp3) is 0.619. The summed E-state index contributed by atoms with van der Waals surface area (Å²) in [5, 5.41) is 0. The van der Waals surface area contributed by atoms with Crippen LogP contribution in [-0.4, -0.2) is 49.7 Å². The van der Waals surface area contributed by atoms with E-state index in [1.165, 1.54) is 0 Å². The summed E-state index contributed by atoms with van der Waals surface area (Å²) in [7, 11) is 0. The number of rotatable bonds is 5. The van der Waals surface area contributed by atoms with E-state index in [4.69, 9.17) is 9.47 Å². The fourth-order valence-corrected chi connectivity index (χ4v) is 4.33. The minimum Gasteiger partial charge on any atom is -0.466 e. The molecule has 5 nitrogen and oxygen atoms in total. The van der Waals surface area contributed by atoms with Crippen LogP contribution < -0.4 is 0 Å². The summed E-state index contributed by atoms with van der Waals surface area (Å²) in [6, 6.07) is 9.90. The molecule has 0 bridgehead atoms. The predicted molar refractivity (Wildman–Crippen MR) is 98.7 cm³/mol. The van der Waals surface area contributed by atoms with Gasteiger partial charge in [0.25, 0.3) is 0 Å². The van der Waals surface area contributed by atoms with Gasteiger partial charge in [0.1, 0.15) is 0 Å². The van der Waals surface area contributed by atoms with Crippen LogP contribution in [0.25, 0.3) is 0 Å². The summed E-state index contributed by atoms with van der Waals surface area (Å²) >= 11 is 0. The normalized spacial score (nSPS) is 29.8. The van der Waals surface area contributed by atoms with Gasteiger partial charge in [0.15, 0.2) is 0 Å². The number of carbonyl (C=O) groups excluding carboxylic acids is 2. The summed E-state index contributed by atoms with van der Waals surface area (Å²) in [4.78, 5) is 27.2. The third-order valence-electron chi connectivity index (χ3n) is 5.65. The quantitative estimate of drug-likeness (QED) is 0.757. The lowest BCUT2D eigenvalue weighted by Crippen LogP contribution is -2.49. The highest BCUT2D eigenvalue weighted by atomic mass is 16.5. The molecule has 2 saturated heterocycles. The van der Waals surface area contributed by atoms with Crippen LogP contribution in [0, 0.1) is 11.3 Å². The molecule has 0 amide bonds. The van der Waals surface area contributed by atoms with E-state index in [0.717, 1.165) is 37.9 Å². The van der Waals surface area contributed by atoms with Gasteiger partial charge in [-0.3, -0.25) is 9.59 Å². The van der Waals surface area contributed by atoms with Crippen molar-refractivity contribution in [1.82, 2.24) is 4.90 Å². The molecule has 2 fully saturated rings. The Morgan fingerprint density at radius 2 is 2.12 bits per heavy atom. The topological polar surface area (TPSA) is 55.8 Å². The monoisotopic (exact) mass is 359 g/mol. The van der Waals surface area contributed by atoms with E-state index in [1.54, 1.807) is 0 Å². The van der Waals surface area contributed by atoms with Crippen LogP contribution in [0.1, 0.15) is 44.6 Å². The highest BCUT2D eigenvalue weighted by Gasteiger charge is 2.41. The molecule has 0 spiro atoms. The lowest BCUT2D eigenvalue weighted by molar-refractivity contribution is -0.159. The predicted octanol–water partition coefficient (Wildman–Crippen LogP) is 3.00. The number of cyclic esters (lactones) is 1. The SMILES string of the molecule is CCOC(=O)[C@]1(C)CCCN(C[C@@H]2CCOC(=O)[C@H]2c2ccccc2)C1. The van der Waals surface area contributed by atoms with E-state index < -0.39 is 5.41 Å². The number of likely N-dealkylation sites (tertiary alicyclic amines) is 1. The molecular weight excluding hydrogens is 330 g/mol. The molecule has 142 valence electrons. The fourth-order valence-electron chi connectivity index (χ4n) is 4.33. The first-order valence-corrected chi connectivity index (χ1v) is 9.64. The Hall–Kier alpha value is -1.88. The zero-order valence-electron chi connectivity index (χ0n) is 15.8. The third kappa shape index (κ3) is 4.09. The van der Waals surface area contributed by atoms with Crippen molar-refractivity contribution in [3.8, 4) is 0 Å². The molecule has 5 heteroatoms. The van der Waals surface area contributed by atoms with Gasteiger partial charge in [-0.15, -0.1) is 0 Å². The average molecular weight is 359 g/mol. The van der Waals surface area contributed by atoms with Crippen molar-refractivity contribution in [2.24, 2.45) is 11.3 Å². The first kappa shape index (κ1) is 18.9. The number of nitrogens with zero attached hydrogens (tertiary/aromatic N) is 1. The molecule has 3 rings (SSSR count). The van der Waals surface area contributed by atoms with E-state index in [2.05, 4.69) is 4.90 Å². The number of esters is 2. The van der Waals surface area contributed by atoms with Gasteiger partial charge >= 0.3 is 11.9 Å². The molecule has 0 N–H and O–H groups in total. The molecule has 2 aliphatic rings. The van der Waals surface area contributed by atoms with E-state index >= 15 is 0 Å². The number of hydrogen-bond acceptors (Lipinski definition) is 5. The Bertz CT molecular complexity index is 632. The van der Waals surface area contributed by atoms with Gasteiger partial charge in [0, 0.05) is 13.1 Å². The zero-order valence-corrected chi connectivity index (χ0v) is 15.8. The van der Waals surface area contributed by atoms with Crippen molar-refractivity contribution >= 4 is 11.9 Å². The van der Waals surface area contributed by atoms with Gasteiger partial charge in [-0.25, -0.2) is 0 Å². The molecule has 0 aromatic heterocycles. The van der Waals surface area contributed by atoms with Crippen molar-refractivity contribution in [3.05, 3.63) is 35.9 Å². The summed E-state index contributed by atoms with van der Waals surface area (Å²) in [6.45, 7) is 7.21. The van der Waals surface area contributed by atoms with E-state index in [-0.39, 0.29) is 23.8 Å². The van der Waals surface area contributed by atoms with Gasteiger partial charge in [0.2, 0.25) is 0 Å². The average Bonchev–Trinajstić information content (AvgIpc) is 2.63. The molecule has 2 aliphatic heterocycles. The largest absolute Gasteiger partial charge is 0.466 e. The maximum absolute atomic E-state index is 12.5. The minimum atomic E-state index is -0.453. The number of piperidine rings is 1. The lowest BCUT2D eigenvalue weighted by Gasteiger charge is -2.41. The van der Waals surface area contributed by atoms with Crippen LogP contribution in [0.2, 0.25) is 0 Å². The second-order valence-corrected chi connectivity index (χ2v) is 7.72. The van der Waals surface area contributed by atoms with Crippen LogP contribution in [-0.2, 0) is 19.1 Å². The summed E-state index contributed by atoms with van der Waals surface area (Å²) in [6.07, 6.45) is 2.69. The molecule has 0 radical (unpaired) electrons. The van der Waals surface area contributed by atoms with Crippen LogP contribution >= 0.6 is 0 Å². The first-order valence-electron chi connectivity index (χ1n) is 9.64. The molecule has 3 atom stereocenters. The second-order valence-electron chi connectivity index (χ2n) is 7.72. The standard InChI is InChI=1S/C21H29NO4/c1-3-25-20(24)21(2)11-7-12-22(15-21)14-17-10-13-26-19(23)18(17)16-8-5-4-6-9-16/h4-6,8-9,17-18H,3,7,10-15H2,1-2H3/t17-,18-,21+/m0/s1. The maximum atomic E-state index is 12.5. The summed E-state index contributed by atoms with van der Waals surface area (Å²) in [5.74, 6) is -0.242. The van der Waals surface area contributed by atoms with Crippen LogP contribution in [0.4, 0.5) is 0 Å². The molecule has 2 heterocycles. The van der Waals surface area contributed by atoms with Crippen LogP contribution in [0.15, 0.2) is 30.3 Å². The molecule has 0 saturated carbocycles. The van der Waals surface area contributed by atoms with Crippen molar-refractivity contribution in [3.63, 3.8) is 0 Å². The summed E-state index contributed by atoms with van der Waals surface area (Å²) < 4.78 is 10.6. The van der Waals surface area contributed by atoms with E-state index in [9.17, 15) is 9.59 Å². The Morgan fingerprint density at radius 3 is 2.85 bits per heavy atom. The highest BCUT2D eigenvalue weighted by Crippen LogP contribution is 2.36. The van der Waals surface area contributed by atoms with Gasteiger partial charge in [-0.05, 0) is 51.1 Å². The Labute approximate surface area is 155 Å². The zero-order chi connectivity index (χ0) is 18.6. The number of benzene rings is 1. The number of carbonyl (C=O) groups is 2. The van der Waals surface area contributed by atoms with Gasteiger partial charge in [-0.2, -0.15) is 0 Å².